The molecule has 0 unspecified atom stereocenters. The quantitative estimate of drug-likeness (QED) is 0.342. The predicted molar refractivity (Wildman–Crippen MR) is 148 cm³/mol. The number of hydrogen-bond acceptors (Lipinski definition) is 5. The number of pyridine rings is 2. The van der Waals surface area contributed by atoms with Gasteiger partial charge >= 0.3 is 0 Å². The van der Waals surface area contributed by atoms with Gasteiger partial charge in [0.1, 0.15) is 5.82 Å². The largest absolute Gasteiger partial charge is 0.310 e. The van der Waals surface area contributed by atoms with E-state index >= 15 is 0 Å². The lowest BCUT2D eigenvalue weighted by atomic mass is 9.93. The predicted octanol–water partition coefficient (Wildman–Crippen LogP) is 5.53. The molecule has 0 spiro atoms. The fraction of sp³-hybridized carbons (Fsp3) is 0.300. The fourth-order valence-electron chi connectivity index (χ4n) is 5.51. The molecule has 0 radical (unpaired) electrons. The number of nitrogens with zero attached hydrogens (tertiary/aromatic N) is 3. The molecule has 6 rings (SSSR count). The number of carbonyl (C=O) groups excluding carboxylic acids is 1. The Morgan fingerprint density at radius 2 is 1.87 bits per heavy atom. The highest BCUT2D eigenvalue weighted by molar-refractivity contribution is 7.89. The summed E-state index contributed by atoms with van der Waals surface area (Å²) < 4.78 is 28.0. The first-order chi connectivity index (χ1) is 18.4. The molecule has 8 heteroatoms. The van der Waals surface area contributed by atoms with Gasteiger partial charge in [-0.15, -0.1) is 0 Å². The van der Waals surface area contributed by atoms with Crippen LogP contribution in [0.3, 0.4) is 0 Å². The summed E-state index contributed by atoms with van der Waals surface area (Å²) in [6.07, 6.45) is 5.97. The maximum atomic E-state index is 13.4. The summed E-state index contributed by atoms with van der Waals surface area (Å²) in [6, 6.07) is 22.3. The van der Waals surface area contributed by atoms with Gasteiger partial charge in [-0.3, -0.25) is 9.78 Å². The number of anilines is 1. The molecule has 1 amide bonds. The Labute approximate surface area is 223 Å². The molecule has 1 atom stereocenters. The lowest BCUT2D eigenvalue weighted by Gasteiger charge is -2.23. The Balaban J connectivity index is 1.20. The number of aromatic nitrogens is 2. The molecule has 194 valence electrons. The van der Waals surface area contributed by atoms with Crippen LogP contribution in [0.15, 0.2) is 83.9 Å². The van der Waals surface area contributed by atoms with Crippen LogP contribution in [0.5, 0.6) is 0 Å². The minimum absolute atomic E-state index is 0.0667. The van der Waals surface area contributed by atoms with Gasteiger partial charge < -0.3 is 5.32 Å². The zero-order valence-electron chi connectivity index (χ0n) is 21.3. The molecule has 1 saturated carbocycles. The van der Waals surface area contributed by atoms with E-state index in [-0.39, 0.29) is 11.9 Å². The van der Waals surface area contributed by atoms with Crippen LogP contribution in [-0.2, 0) is 20.2 Å². The second kappa shape index (κ2) is 9.60. The zero-order valence-corrected chi connectivity index (χ0v) is 22.1. The van der Waals surface area contributed by atoms with Gasteiger partial charge in [0, 0.05) is 29.7 Å². The number of rotatable bonds is 7. The fourth-order valence-corrected chi connectivity index (χ4v) is 7.28. The van der Waals surface area contributed by atoms with Crippen molar-refractivity contribution in [2.45, 2.75) is 55.4 Å². The lowest BCUT2D eigenvalue weighted by molar-refractivity contribution is -0.118. The smallest absolute Gasteiger partial charge is 0.243 e. The van der Waals surface area contributed by atoms with Crippen molar-refractivity contribution >= 4 is 32.7 Å². The van der Waals surface area contributed by atoms with E-state index in [4.69, 9.17) is 0 Å². The van der Waals surface area contributed by atoms with E-state index in [1.165, 1.54) is 0 Å². The van der Waals surface area contributed by atoms with Crippen molar-refractivity contribution < 1.29 is 13.2 Å². The summed E-state index contributed by atoms with van der Waals surface area (Å²) in [6.45, 7) is 2.60. The van der Waals surface area contributed by atoms with Crippen molar-refractivity contribution in [1.29, 1.82) is 0 Å². The van der Waals surface area contributed by atoms with E-state index in [9.17, 15) is 13.2 Å². The number of nitrogens with one attached hydrogen (secondary N) is 1. The topological polar surface area (TPSA) is 92.3 Å². The van der Waals surface area contributed by atoms with Crippen LogP contribution < -0.4 is 5.32 Å². The summed E-state index contributed by atoms with van der Waals surface area (Å²) in [4.78, 5) is 22.7. The van der Waals surface area contributed by atoms with E-state index in [1.807, 2.05) is 43.3 Å². The number of amides is 1. The minimum Gasteiger partial charge on any atom is -0.310 e. The first kappa shape index (κ1) is 24.7. The average molecular weight is 527 g/mol. The maximum Gasteiger partial charge on any atom is 0.243 e. The second-order valence-electron chi connectivity index (χ2n) is 10.2. The maximum absolute atomic E-state index is 13.4. The van der Waals surface area contributed by atoms with Gasteiger partial charge in [0.15, 0.2) is 0 Å². The molecular weight excluding hydrogens is 496 g/mol. The molecule has 1 N–H and O–H groups in total. The Morgan fingerprint density at radius 3 is 2.63 bits per heavy atom. The number of fused-ring (bicyclic) bond motifs is 1. The number of carbonyl (C=O) groups is 1. The molecule has 2 aromatic carbocycles. The Morgan fingerprint density at radius 1 is 1.05 bits per heavy atom. The van der Waals surface area contributed by atoms with Crippen molar-refractivity contribution in [3.63, 3.8) is 0 Å². The monoisotopic (exact) mass is 526 g/mol. The Hall–Kier alpha value is -3.62. The van der Waals surface area contributed by atoms with Crippen LogP contribution in [0.2, 0.25) is 0 Å². The molecule has 4 aromatic rings. The normalized spacial score (nSPS) is 18.9. The lowest BCUT2D eigenvalue weighted by Crippen LogP contribution is -2.35. The highest BCUT2D eigenvalue weighted by Crippen LogP contribution is 2.49. The van der Waals surface area contributed by atoms with Crippen LogP contribution in [0.1, 0.15) is 44.6 Å². The highest BCUT2D eigenvalue weighted by Gasteiger charge is 2.51. The van der Waals surface area contributed by atoms with Gasteiger partial charge in [0.2, 0.25) is 15.9 Å². The summed E-state index contributed by atoms with van der Waals surface area (Å²) in [7, 11) is -3.52. The number of hydrogen-bond donors (Lipinski definition) is 1. The van der Waals surface area contributed by atoms with Crippen molar-refractivity contribution in [1.82, 2.24) is 14.3 Å². The summed E-state index contributed by atoms with van der Waals surface area (Å²) in [5.41, 5.74) is 2.81. The van der Waals surface area contributed by atoms with Crippen molar-refractivity contribution in [3.05, 3.63) is 84.6 Å². The average Bonchev–Trinajstić information content (AvgIpc) is 3.62. The third-order valence-electron chi connectivity index (χ3n) is 7.88. The molecule has 3 heterocycles. The van der Waals surface area contributed by atoms with Crippen molar-refractivity contribution in [2.75, 3.05) is 11.9 Å². The summed E-state index contributed by atoms with van der Waals surface area (Å²) in [5, 5.41) is 4.04. The van der Waals surface area contributed by atoms with E-state index in [2.05, 4.69) is 21.4 Å². The molecule has 1 saturated heterocycles. The van der Waals surface area contributed by atoms with E-state index in [1.54, 1.807) is 40.8 Å². The first-order valence-corrected chi connectivity index (χ1v) is 14.6. The van der Waals surface area contributed by atoms with Crippen molar-refractivity contribution in [2.24, 2.45) is 0 Å². The van der Waals surface area contributed by atoms with Crippen LogP contribution in [0.25, 0.3) is 22.2 Å². The van der Waals surface area contributed by atoms with Gasteiger partial charge in [-0.25, -0.2) is 13.4 Å². The standard InChI is InChI=1S/C30H30N4O3S/c1-2-24-7-5-19-34(24)38(36,37)25-13-10-21(11-14-25)27-8-3-9-28(32-27)33-29(35)30(16-17-30)23-12-15-26-22(20-23)6-4-18-31-26/h3-4,6,8-15,18,20,24H,2,5,7,16-17,19H2,1H3,(H,32,33,35)/t24-/m0/s1. The number of benzene rings is 2. The van der Waals surface area contributed by atoms with E-state index in [0.29, 0.717) is 23.0 Å². The molecule has 1 aliphatic heterocycles. The molecule has 0 bridgehead atoms. The molecular formula is C30H30N4O3S. The SMILES string of the molecule is CC[C@H]1CCCN1S(=O)(=O)c1ccc(-c2cccc(NC(=O)C3(c4ccc5ncccc5c4)CC3)n2)cc1. The molecule has 38 heavy (non-hydrogen) atoms. The minimum atomic E-state index is -3.52. The molecule has 2 aromatic heterocycles. The third-order valence-corrected chi connectivity index (χ3v) is 9.85. The zero-order chi connectivity index (χ0) is 26.3. The van der Waals surface area contributed by atoms with Gasteiger partial charge in [-0.2, -0.15) is 4.31 Å². The Bertz CT molecular complexity index is 1610. The molecule has 7 nitrogen and oxygen atoms in total. The van der Waals surface area contributed by atoms with Crippen LogP contribution >= 0.6 is 0 Å². The van der Waals surface area contributed by atoms with Crippen molar-refractivity contribution in [3.8, 4) is 11.3 Å². The van der Waals surface area contributed by atoms with Gasteiger partial charge in [-0.1, -0.05) is 37.3 Å². The van der Waals surface area contributed by atoms with E-state index in [0.717, 1.165) is 54.1 Å². The second-order valence-corrected chi connectivity index (χ2v) is 12.1. The van der Waals surface area contributed by atoms with Gasteiger partial charge in [-0.05, 0) is 80.1 Å². The molecule has 1 aliphatic carbocycles. The van der Waals surface area contributed by atoms with Crippen LogP contribution in [0.4, 0.5) is 5.82 Å². The van der Waals surface area contributed by atoms with E-state index < -0.39 is 15.4 Å². The summed E-state index contributed by atoms with van der Waals surface area (Å²) in [5.74, 6) is 0.406. The number of sulfonamides is 1. The first-order valence-electron chi connectivity index (χ1n) is 13.2. The molecule has 2 aliphatic rings. The van der Waals surface area contributed by atoms with Crippen LogP contribution in [-0.4, -0.2) is 41.2 Å². The third kappa shape index (κ3) is 4.37. The highest BCUT2D eigenvalue weighted by atomic mass is 32.2. The summed E-state index contributed by atoms with van der Waals surface area (Å²) >= 11 is 0. The molecule has 2 fully saturated rings. The van der Waals surface area contributed by atoms with Gasteiger partial charge in [0.25, 0.3) is 0 Å². The van der Waals surface area contributed by atoms with Crippen LogP contribution in [0, 0.1) is 0 Å². The van der Waals surface area contributed by atoms with Gasteiger partial charge in [0.05, 0.1) is 21.5 Å². The Kier molecular flexibility index (Phi) is 6.24.